The van der Waals surface area contributed by atoms with Gasteiger partial charge in [0.1, 0.15) is 0 Å². The fraction of sp³-hybridized carbons (Fsp3) is 0.500. The standard InChI is InChI=1S/C12H15Cl2NS/c13-10-5-4-9(6-11(10)14)16-12-3-1-2-8(12)7-15/h4-6,8,12H,1-3,7,15H2. The van der Waals surface area contributed by atoms with Crippen LogP contribution in [0.5, 0.6) is 0 Å². The molecule has 0 radical (unpaired) electrons. The first-order valence-electron chi connectivity index (χ1n) is 5.52. The molecule has 1 aliphatic rings. The lowest BCUT2D eigenvalue weighted by Crippen LogP contribution is -2.20. The Bertz CT molecular complexity index is 370. The van der Waals surface area contributed by atoms with Crippen LogP contribution >= 0.6 is 35.0 Å². The van der Waals surface area contributed by atoms with E-state index in [2.05, 4.69) is 0 Å². The molecule has 0 amide bonds. The van der Waals surface area contributed by atoms with Gasteiger partial charge in [-0.15, -0.1) is 11.8 Å². The van der Waals surface area contributed by atoms with E-state index in [1.165, 1.54) is 24.2 Å². The first-order valence-corrected chi connectivity index (χ1v) is 7.16. The van der Waals surface area contributed by atoms with Gasteiger partial charge in [0.15, 0.2) is 0 Å². The molecule has 1 fully saturated rings. The fourth-order valence-corrected chi connectivity index (χ4v) is 3.92. The van der Waals surface area contributed by atoms with Gasteiger partial charge in [-0.05, 0) is 43.5 Å². The van der Waals surface area contributed by atoms with E-state index in [9.17, 15) is 0 Å². The maximum Gasteiger partial charge on any atom is 0.0603 e. The summed E-state index contributed by atoms with van der Waals surface area (Å²) < 4.78 is 0. The van der Waals surface area contributed by atoms with Gasteiger partial charge in [0.05, 0.1) is 10.0 Å². The third kappa shape index (κ3) is 2.86. The molecule has 0 aromatic heterocycles. The smallest absolute Gasteiger partial charge is 0.0603 e. The Morgan fingerprint density at radius 1 is 1.25 bits per heavy atom. The van der Waals surface area contributed by atoms with Crippen LogP contribution < -0.4 is 5.73 Å². The van der Waals surface area contributed by atoms with Crippen molar-refractivity contribution in [2.24, 2.45) is 11.7 Å². The van der Waals surface area contributed by atoms with E-state index >= 15 is 0 Å². The highest BCUT2D eigenvalue weighted by molar-refractivity contribution is 8.00. The molecule has 2 N–H and O–H groups in total. The van der Waals surface area contributed by atoms with E-state index in [0.29, 0.717) is 21.2 Å². The summed E-state index contributed by atoms with van der Waals surface area (Å²) in [5, 5.41) is 1.89. The monoisotopic (exact) mass is 275 g/mol. The van der Waals surface area contributed by atoms with Crippen LogP contribution in [0.3, 0.4) is 0 Å². The zero-order valence-electron chi connectivity index (χ0n) is 8.96. The minimum atomic E-state index is 0.618. The quantitative estimate of drug-likeness (QED) is 0.894. The van der Waals surface area contributed by atoms with Gasteiger partial charge in [0.2, 0.25) is 0 Å². The topological polar surface area (TPSA) is 26.0 Å². The SMILES string of the molecule is NCC1CCCC1Sc1ccc(Cl)c(Cl)c1. The molecule has 16 heavy (non-hydrogen) atoms. The molecule has 0 bridgehead atoms. The van der Waals surface area contributed by atoms with Crippen LogP contribution in [0.15, 0.2) is 23.1 Å². The van der Waals surface area contributed by atoms with Gasteiger partial charge >= 0.3 is 0 Å². The van der Waals surface area contributed by atoms with Crippen LogP contribution in [0.1, 0.15) is 19.3 Å². The molecule has 0 heterocycles. The number of hydrogen-bond donors (Lipinski definition) is 1. The van der Waals surface area contributed by atoms with Crippen LogP contribution in [0.4, 0.5) is 0 Å². The largest absolute Gasteiger partial charge is 0.330 e. The number of hydrogen-bond acceptors (Lipinski definition) is 2. The highest BCUT2D eigenvalue weighted by Crippen LogP contribution is 2.39. The van der Waals surface area contributed by atoms with Crippen LogP contribution in [-0.4, -0.2) is 11.8 Å². The third-order valence-electron chi connectivity index (χ3n) is 3.07. The molecule has 1 aliphatic carbocycles. The predicted molar refractivity (Wildman–Crippen MR) is 72.5 cm³/mol. The normalized spacial score (nSPS) is 24.9. The Kier molecular flexibility index (Phi) is 4.42. The van der Waals surface area contributed by atoms with Gasteiger partial charge in [-0.3, -0.25) is 0 Å². The van der Waals surface area contributed by atoms with E-state index in [1.807, 2.05) is 30.0 Å². The molecule has 0 aliphatic heterocycles. The summed E-state index contributed by atoms with van der Waals surface area (Å²) in [6, 6.07) is 5.84. The van der Waals surface area contributed by atoms with E-state index in [-0.39, 0.29) is 0 Å². The first-order chi connectivity index (χ1) is 7.70. The third-order valence-corrected chi connectivity index (χ3v) is 5.26. The van der Waals surface area contributed by atoms with Crippen molar-refractivity contribution in [2.45, 2.75) is 29.4 Å². The minimum Gasteiger partial charge on any atom is -0.330 e. The summed E-state index contributed by atoms with van der Waals surface area (Å²) in [6.45, 7) is 0.791. The maximum atomic E-state index is 6.00. The molecule has 0 saturated heterocycles. The lowest BCUT2D eigenvalue weighted by atomic mass is 10.1. The molecule has 2 rings (SSSR count). The van der Waals surface area contributed by atoms with Crippen LogP contribution in [-0.2, 0) is 0 Å². The number of benzene rings is 1. The highest BCUT2D eigenvalue weighted by Gasteiger charge is 2.26. The van der Waals surface area contributed by atoms with Gasteiger partial charge in [-0.1, -0.05) is 29.6 Å². The summed E-state index contributed by atoms with van der Waals surface area (Å²) >= 11 is 13.8. The molecule has 4 heteroatoms. The molecule has 2 unspecified atom stereocenters. The van der Waals surface area contributed by atoms with Gasteiger partial charge in [0.25, 0.3) is 0 Å². The summed E-state index contributed by atoms with van der Waals surface area (Å²) in [5.41, 5.74) is 5.77. The molecular formula is C12H15Cl2NS. The fourth-order valence-electron chi connectivity index (χ4n) is 2.15. The minimum absolute atomic E-state index is 0.618. The molecule has 0 spiro atoms. The summed E-state index contributed by atoms with van der Waals surface area (Å²) in [6.07, 6.45) is 3.81. The Labute approximate surface area is 111 Å². The van der Waals surface area contributed by atoms with Crippen molar-refractivity contribution in [3.05, 3.63) is 28.2 Å². The van der Waals surface area contributed by atoms with Gasteiger partial charge < -0.3 is 5.73 Å². The molecular weight excluding hydrogens is 261 g/mol. The molecule has 1 aromatic carbocycles. The highest BCUT2D eigenvalue weighted by atomic mass is 35.5. The van der Waals surface area contributed by atoms with Gasteiger partial charge in [-0.2, -0.15) is 0 Å². The Hall–Kier alpha value is 0.110. The lowest BCUT2D eigenvalue weighted by Gasteiger charge is -2.17. The number of halogens is 2. The van der Waals surface area contributed by atoms with Crippen molar-refractivity contribution < 1.29 is 0 Å². The maximum absolute atomic E-state index is 6.00. The average molecular weight is 276 g/mol. The lowest BCUT2D eigenvalue weighted by molar-refractivity contribution is 0.573. The number of rotatable bonds is 3. The Morgan fingerprint density at radius 3 is 2.75 bits per heavy atom. The Morgan fingerprint density at radius 2 is 2.06 bits per heavy atom. The zero-order valence-corrected chi connectivity index (χ0v) is 11.3. The van der Waals surface area contributed by atoms with Gasteiger partial charge in [0, 0.05) is 10.1 Å². The number of nitrogens with two attached hydrogens (primary N) is 1. The summed E-state index contributed by atoms with van der Waals surface area (Å²) in [7, 11) is 0. The Balaban J connectivity index is 2.05. The molecule has 1 aromatic rings. The number of thioether (sulfide) groups is 1. The average Bonchev–Trinajstić information content (AvgIpc) is 2.71. The summed E-state index contributed by atoms with van der Waals surface area (Å²) in [4.78, 5) is 1.19. The second-order valence-electron chi connectivity index (χ2n) is 4.16. The van der Waals surface area contributed by atoms with E-state index in [4.69, 9.17) is 28.9 Å². The second-order valence-corrected chi connectivity index (χ2v) is 6.29. The van der Waals surface area contributed by atoms with Crippen LogP contribution in [0.2, 0.25) is 10.0 Å². The van der Waals surface area contributed by atoms with Crippen LogP contribution in [0.25, 0.3) is 0 Å². The summed E-state index contributed by atoms with van der Waals surface area (Å²) in [5.74, 6) is 0.652. The van der Waals surface area contributed by atoms with Crippen molar-refractivity contribution in [1.82, 2.24) is 0 Å². The predicted octanol–water partition coefficient (Wildman–Crippen LogP) is 4.21. The zero-order chi connectivity index (χ0) is 11.5. The van der Waals surface area contributed by atoms with Crippen molar-refractivity contribution in [3.8, 4) is 0 Å². The molecule has 2 atom stereocenters. The second kappa shape index (κ2) is 5.63. The molecule has 88 valence electrons. The van der Waals surface area contributed by atoms with Crippen molar-refractivity contribution in [2.75, 3.05) is 6.54 Å². The van der Waals surface area contributed by atoms with Gasteiger partial charge in [-0.25, -0.2) is 0 Å². The van der Waals surface area contributed by atoms with E-state index in [0.717, 1.165) is 6.54 Å². The molecule has 1 nitrogen and oxygen atoms in total. The molecule has 1 saturated carbocycles. The first kappa shape index (κ1) is 12.6. The van der Waals surface area contributed by atoms with Crippen molar-refractivity contribution >= 4 is 35.0 Å². The van der Waals surface area contributed by atoms with E-state index in [1.54, 1.807) is 0 Å². The van der Waals surface area contributed by atoms with Crippen molar-refractivity contribution in [3.63, 3.8) is 0 Å². The van der Waals surface area contributed by atoms with E-state index < -0.39 is 0 Å². The van der Waals surface area contributed by atoms with Crippen LogP contribution in [0, 0.1) is 5.92 Å². The van der Waals surface area contributed by atoms with Crippen molar-refractivity contribution in [1.29, 1.82) is 0 Å².